The molecule has 2 unspecified atom stereocenters. The number of likely N-dealkylation sites (N-methyl/N-ethyl adjacent to an activating group) is 1. The summed E-state index contributed by atoms with van der Waals surface area (Å²) in [4.78, 5) is 17.9. The molecule has 0 aliphatic carbocycles. The van der Waals surface area contributed by atoms with Gasteiger partial charge in [-0.1, -0.05) is 17.7 Å². The predicted octanol–water partition coefficient (Wildman–Crippen LogP) is 3.53. The number of nitrogens with one attached hydrogen (secondary N) is 1. The third kappa shape index (κ3) is 4.88. The summed E-state index contributed by atoms with van der Waals surface area (Å²) in [5.41, 5.74) is 0.754. The smallest absolute Gasteiger partial charge is 0.318 e. The second-order valence-electron chi connectivity index (χ2n) is 6.45. The molecule has 1 aliphatic heterocycles. The van der Waals surface area contributed by atoms with E-state index in [-0.39, 0.29) is 13.2 Å². The molecule has 1 saturated heterocycles. The van der Waals surface area contributed by atoms with Crippen molar-refractivity contribution in [2.75, 3.05) is 26.9 Å². The number of carbonyl (C=O) groups excluding carboxylic acids is 1. The Kier molecular flexibility index (Phi) is 6.31. The van der Waals surface area contributed by atoms with E-state index in [0.29, 0.717) is 10.8 Å². The van der Waals surface area contributed by atoms with Gasteiger partial charge in [0.15, 0.2) is 0 Å². The molecular weight excluding hydrogens is 392 g/mol. The first-order chi connectivity index (χ1) is 13.4. The number of aromatic nitrogens is 1. The quantitative estimate of drug-likeness (QED) is 0.789. The Bertz CT molecular complexity index is 810. The Balaban J connectivity index is 1.73. The molecule has 1 aromatic carbocycles. The molecule has 6 nitrogen and oxygen atoms in total. The van der Waals surface area contributed by atoms with Crippen molar-refractivity contribution in [3.8, 4) is 5.75 Å². The first kappa shape index (κ1) is 20.3. The average Bonchev–Trinajstić information content (AvgIpc) is 3.00. The van der Waals surface area contributed by atoms with E-state index in [4.69, 9.17) is 21.1 Å². The fourth-order valence-corrected chi connectivity index (χ4v) is 3.00. The second kappa shape index (κ2) is 8.70. The Morgan fingerprint density at radius 2 is 2.18 bits per heavy atom. The van der Waals surface area contributed by atoms with Crippen LogP contribution in [-0.2, 0) is 4.74 Å². The van der Waals surface area contributed by atoms with Crippen molar-refractivity contribution in [3.05, 3.63) is 59.4 Å². The van der Waals surface area contributed by atoms with Crippen LogP contribution in [0.25, 0.3) is 0 Å². The SMILES string of the molecule is CN(C(=O)NC1COCC1(F)F)C(COc1cccc(Cl)c1)c1ccncc1. The number of urea groups is 1. The minimum atomic E-state index is -3.10. The van der Waals surface area contributed by atoms with E-state index in [0.717, 1.165) is 5.56 Å². The largest absolute Gasteiger partial charge is 0.491 e. The number of benzene rings is 1. The van der Waals surface area contributed by atoms with Gasteiger partial charge in [-0.2, -0.15) is 0 Å². The van der Waals surface area contributed by atoms with Gasteiger partial charge in [0.05, 0.1) is 12.6 Å². The van der Waals surface area contributed by atoms with Crippen LogP contribution in [0.3, 0.4) is 0 Å². The number of hydrogen-bond acceptors (Lipinski definition) is 4. The first-order valence-corrected chi connectivity index (χ1v) is 9.02. The van der Waals surface area contributed by atoms with Crippen molar-refractivity contribution < 1.29 is 23.0 Å². The van der Waals surface area contributed by atoms with Crippen LogP contribution in [0.4, 0.5) is 13.6 Å². The van der Waals surface area contributed by atoms with Gasteiger partial charge in [-0.25, -0.2) is 13.6 Å². The highest BCUT2D eigenvalue weighted by Crippen LogP contribution is 2.27. The molecule has 1 aromatic heterocycles. The molecule has 28 heavy (non-hydrogen) atoms. The van der Waals surface area contributed by atoms with Gasteiger partial charge in [0.25, 0.3) is 5.92 Å². The lowest BCUT2D eigenvalue weighted by Crippen LogP contribution is -2.51. The molecule has 150 valence electrons. The molecular formula is C19H20ClF2N3O3. The number of carbonyl (C=O) groups is 1. The summed E-state index contributed by atoms with van der Waals surface area (Å²) in [6.45, 7) is -0.829. The number of ether oxygens (including phenoxy) is 2. The Morgan fingerprint density at radius 1 is 1.43 bits per heavy atom. The van der Waals surface area contributed by atoms with Crippen LogP contribution in [0.2, 0.25) is 5.02 Å². The van der Waals surface area contributed by atoms with Crippen LogP contribution in [0.1, 0.15) is 11.6 Å². The number of halogens is 3. The zero-order valence-corrected chi connectivity index (χ0v) is 15.9. The highest BCUT2D eigenvalue weighted by Gasteiger charge is 2.46. The standard InChI is InChI=1S/C19H20ClF2N3O3/c1-25(18(26)24-17-11-27-12-19(17,21)22)16(13-5-7-23-8-6-13)10-28-15-4-2-3-14(20)9-15/h2-9,16-17H,10-12H2,1H3,(H,24,26). The number of nitrogens with zero attached hydrogens (tertiary/aromatic N) is 2. The lowest BCUT2D eigenvalue weighted by Gasteiger charge is -2.30. The summed E-state index contributed by atoms with van der Waals surface area (Å²) in [5, 5.41) is 2.87. The molecule has 1 fully saturated rings. The molecule has 1 aliphatic rings. The van der Waals surface area contributed by atoms with E-state index < -0.39 is 30.6 Å². The maximum Gasteiger partial charge on any atom is 0.318 e. The summed E-state index contributed by atoms with van der Waals surface area (Å²) >= 11 is 5.97. The summed E-state index contributed by atoms with van der Waals surface area (Å²) in [6, 6.07) is 7.80. The normalized spacial score (nSPS) is 19.1. The van der Waals surface area contributed by atoms with E-state index in [9.17, 15) is 13.6 Å². The molecule has 2 aromatic rings. The topological polar surface area (TPSA) is 63.7 Å². The minimum Gasteiger partial charge on any atom is -0.491 e. The van der Waals surface area contributed by atoms with E-state index in [1.54, 1.807) is 48.8 Å². The summed E-state index contributed by atoms with van der Waals surface area (Å²) in [6.07, 6.45) is 3.18. The molecule has 0 bridgehead atoms. The molecule has 2 atom stereocenters. The van der Waals surface area contributed by atoms with Crippen LogP contribution < -0.4 is 10.1 Å². The molecule has 0 radical (unpaired) electrons. The monoisotopic (exact) mass is 411 g/mol. The van der Waals surface area contributed by atoms with Crippen LogP contribution in [0, 0.1) is 0 Å². The lowest BCUT2D eigenvalue weighted by atomic mass is 10.1. The number of alkyl halides is 2. The third-order valence-electron chi connectivity index (χ3n) is 4.47. The van der Waals surface area contributed by atoms with Gasteiger partial charge in [0.1, 0.15) is 25.0 Å². The van der Waals surface area contributed by atoms with Gasteiger partial charge in [-0.3, -0.25) is 4.98 Å². The maximum absolute atomic E-state index is 13.8. The Labute approximate surface area is 166 Å². The van der Waals surface area contributed by atoms with Crippen molar-refractivity contribution in [2.24, 2.45) is 0 Å². The van der Waals surface area contributed by atoms with Gasteiger partial charge in [-0.15, -0.1) is 0 Å². The van der Waals surface area contributed by atoms with Gasteiger partial charge in [0, 0.05) is 24.5 Å². The zero-order chi connectivity index (χ0) is 20.1. The third-order valence-corrected chi connectivity index (χ3v) is 4.70. The molecule has 2 heterocycles. The van der Waals surface area contributed by atoms with Crippen LogP contribution in [0.5, 0.6) is 5.75 Å². The van der Waals surface area contributed by atoms with Crippen LogP contribution >= 0.6 is 11.6 Å². The average molecular weight is 412 g/mol. The molecule has 1 N–H and O–H groups in total. The summed E-state index contributed by atoms with van der Waals surface area (Å²) in [5.74, 6) is -2.56. The van der Waals surface area contributed by atoms with E-state index in [2.05, 4.69) is 10.3 Å². The predicted molar refractivity (Wildman–Crippen MR) is 99.8 cm³/mol. The Hall–Kier alpha value is -2.45. The molecule has 0 spiro atoms. The fraction of sp³-hybridized carbons (Fsp3) is 0.368. The Morgan fingerprint density at radius 3 is 2.82 bits per heavy atom. The van der Waals surface area contributed by atoms with Crippen molar-refractivity contribution in [3.63, 3.8) is 0 Å². The lowest BCUT2D eigenvalue weighted by molar-refractivity contribution is -0.0225. The first-order valence-electron chi connectivity index (χ1n) is 8.64. The van der Waals surface area contributed by atoms with Gasteiger partial charge in [0.2, 0.25) is 0 Å². The zero-order valence-electron chi connectivity index (χ0n) is 15.1. The number of amides is 2. The van der Waals surface area contributed by atoms with E-state index in [1.807, 2.05) is 0 Å². The van der Waals surface area contributed by atoms with Crippen molar-refractivity contribution in [2.45, 2.75) is 18.0 Å². The summed E-state index contributed by atoms with van der Waals surface area (Å²) in [7, 11) is 1.52. The molecule has 2 amide bonds. The fourth-order valence-electron chi connectivity index (χ4n) is 2.82. The van der Waals surface area contributed by atoms with Crippen molar-refractivity contribution >= 4 is 17.6 Å². The number of pyridine rings is 1. The number of hydrogen-bond donors (Lipinski definition) is 1. The highest BCUT2D eigenvalue weighted by molar-refractivity contribution is 6.30. The maximum atomic E-state index is 13.8. The van der Waals surface area contributed by atoms with Crippen molar-refractivity contribution in [1.29, 1.82) is 0 Å². The minimum absolute atomic E-state index is 0.103. The van der Waals surface area contributed by atoms with Gasteiger partial charge < -0.3 is 19.7 Å². The molecule has 0 saturated carbocycles. The number of rotatable bonds is 6. The summed E-state index contributed by atoms with van der Waals surface area (Å²) < 4.78 is 38.1. The van der Waals surface area contributed by atoms with Gasteiger partial charge in [-0.05, 0) is 35.9 Å². The van der Waals surface area contributed by atoms with Crippen molar-refractivity contribution in [1.82, 2.24) is 15.2 Å². The van der Waals surface area contributed by atoms with E-state index >= 15 is 0 Å². The van der Waals surface area contributed by atoms with Crippen LogP contribution in [0.15, 0.2) is 48.8 Å². The molecule has 3 rings (SSSR count). The van der Waals surface area contributed by atoms with Gasteiger partial charge >= 0.3 is 6.03 Å². The highest BCUT2D eigenvalue weighted by atomic mass is 35.5. The van der Waals surface area contributed by atoms with Crippen LogP contribution in [-0.4, -0.2) is 54.7 Å². The van der Waals surface area contributed by atoms with E-state index in [1.165, 1.54) is 11.9 Å². The molecule has 9 heteroatoms. The second-order valence-corrected chi connectivity index (χ2v) is 6.89.